The van der Waals surface area contributed by atoms with Gasteiger partial charge in [-0.15, -0.1) is 0 Å². The first-order valence-corrected chi connectivity index (χ1v) is 7.96. The average molecular weight is 346 g/mol. The van der Waals surface area contributed by atoms with Crippen LogP contribution in [-0.4, -0.2) is 39.2 Å². The van der Waals surface area contributed by atoms with Crippen LogP contribution < -0.4 is 10.6 Å². The van der Waals surface area contributed by atoms with Crippen LogP contribution in [0.2, 0.25) is 0 Å². The van der Waals surface area contributed by atoms with Gasteiger partial charge in [-0.3, -0.25) is 0 Å². The molecule has 7 nitrogen and oxygen atoms in total. The summed E-state index contributed by atoms with van der Waals surface area (Å²) in [5.41, 5.74) is 1.19. The number of rotatable bonds is 4. The van der Waals surface area contributed by atoms with Gasteiger partial charge in [0.05, 0.1) is 11.9 Å². The molecule has 2 aromatic heterocycles. The van der Waals surface area contributed by atoms with Crippen molar-refractivity contribution in [1.29, 1.82) is 0 Å². The van der Waals surface area contributed by atoms with Gasteiger partial charge in [0.1, 0.15) is 17.2 Å². The summed E-state index contributed by atoms with van der Waals surface area (Å²) in [6.07, 6.45) is 3.42. The van der Waals surface area contributed by atoms with Gasteiger partial charge in [-0.25, -0.2) is 13.8 Å². The summed E-state index contributed by atoms with van der Waals surface area (Å²) in [6, 6.07) is 3.56. The summed E-state index contributed by atoms with van der Waals surface area (Å²) in [7, 11) is 0. The molecular formula is C16H16F2N6O. The van der Waals surface area contributed by atoms with Gasteiger partial charge in [-0.1, -0.05) is 0 Å². The van der Waals surface area contributed by atoms with Gasteiger partial charge in [-0.05, 0) is 25.0 Å². The minimum Gasteiger partial charge on any atom is -0.381 e. The molecule has 1 saturated heterocycles. The molecule has 130 valence electrons. The molecule has 1 aliphatic heterocycles. The van der Waals surface area contributed by atoms with Crippen LogP contribution in [0.15, 0.2) is 24.4 Å². The molecule has 0 saturated carbocycles. The number of ether oxygens (including phenoxy) is 1. The Morgan fingerprint density at radius 3 is 2.80 bits per heavy atom. The fraction of sp³-hybridized carbons (Fsp3) is 0.312. The summed E-state index contributed by atoms with van der Waals surface area (Å²) in [5.74, 6) is -0.542. The molecule has 0 spiro atoms. The van der Waals surface area contributed by atoms with Crippen LogP contribution in [-0.2, 0) is 4.74 Å². The fourth-order valence-corrected chi connectivity index (χ4v) is 2.68. The molecule has 0 atom stereocenters. The van der Waals surface area contributed by atoms with E-state index in [1.807, 2.05) is 0 Å². The summed E-state index contributed by atoms with van der Waals surface area (Å²) in [4.78, 5) is 15.9. The Labute approximate surface area is 141 Å². The van der Waals surface area contributed by atoms with Gasteiger partial charge in [0.15, 0.2) is 5.65 Å². The molecule has 3 N–H and O–H groups in total. The van der Waals surface area contributed by atoms with Gasteiger partial charge >= 0.3 is 0 Å². The van der Waals surface area contributed by atoms with Crippen molar-refractivity contribution in [3.05, 3.63) is 36.0 Å². The van der Waals surface area contributed by atoms with Crippen LogP contribution in [0.5, 0.6) is 0 Å². The number of H-pyrrole nitrogens is 1. The molecule has 0 bridgehead atoms. The van der Waals surface area contributed by atoms with E-state index < -0.39 is 11.6 Å². The van der Waals surface area contributed by atoms with Crippen molar-refractivity contribution in [1.82, 2.24) is 19.9 Å². The van der Waals surface area contributed by atoms with E-state index in [0.717, 1.165) is 32.1 Å². The highest BCUT2D eigenvalue weighted by atomic mass is 19.1. The smallest absolute Gasteiger partial charge is 0.225 e. The van der Waals surface area contributed by atoms with Crippen molar-refractivity contribution in [3.8, 4) is 0 Å². The predicted octanol–water partition coefficient (Wildman–Crippen LogP) is 2.97. The monoisotopic (exact) mass is 346 g/mol. The first-order valence-electron chi connectivity index (χ1n) is 7.96. The summed E-state index contributed by atoms with van der Waals surface area (Å²) in [5, 5.41) is 6.05. The first kappa shape index (κ1) is 15.7. The number of hydrogen-bond acceptors (Lipinski definition) is 6. The first-order chi connectivity index (χ1) is 12.2. The number of aromatic nitrogens is 4. The van der Waals surface area contributed by atoms with Crippen LogP contribution in [0.25, 0.3) is 11.2 Å². The lowest BCUT2D eigenvalue weighted by Crippen LogP contribution is -2.28. The standard InChI is InChI=1S/C16H16F2N6O/c17-9-1-2-12(11(18)7-9)21-16-22-13-8-19-15(23-14(13)24-16)20-10-3-5-25-6-4-10/h1-2,7-8,10H,3-6H2,(H3,19,20,21,22,23,24). The van der Waals surface area contributed by atoms with E-state index in [0.29, 0.717) is 23.1 Å². The molecule has 0 unspecified atom stereocenters. The van der Waals surface area contributed by atoms with Crippen molar-refractivity contribution in [2.75, 3.05) is 23.8 Å². The minimum atomic E-state index is -0.701. The molecule has 0 radical (unpaired) electrons. The number of benzene rings is 1. The maximum Gasteiger partial charge on any atom is 0.225 e. The second-order valence-corrected chi connectivity index (χ2v) is 5.80. The zero-order valence-electron chi connectivity index (χ0n) is 13.2. The molecule has 3 aromatic rings. The third-order valence-electron chi connectivity index (χ3n) is 3.98. The van der Waals surface area contributed by atoms with Crippen LogP contribution in [0.4, 0.5) is 26.4 Å². The van der Waals surface area contributed by atoms with Gasteiger partial charge in [0.2, 0.25) is 11.9 Å². The molecule has 9 heteroatoms. The Morgan fingerprint density at radius 1 is 1.16 bits per heavy atom. The maximum atomic E-state index is 13.7. The van der Waals surface area contributed by atoms with Crippen molar-refractivity contribution >= 4 is 28.7 Å². The SMILES string of the molecule is Fc1ccc(Nc2nc3nc(NC4CCOCC4)ncc3[nH]2)c(F)c1. The zero-order valence-corrected chi connectivity index (χ0v) is 13.2. The molecule has 0 amide bonds. The van der Waals surface area contributed by atoms with Crippen LogP contribution in [0.3, 0.4) is 0 Å². The van der Waals surface area contributed by atoms with Crippen molar-refractivity contribution in [3.63, 3.8) is 0 Å². The fourth-order valence-electron chi connectivity index (χ4n) is 2.68. The van der Waals surface area contributed by atoms with E-state index in [1.165, 1.54) is 12.1 Å². The number of fused-ring (bicyclic) bond motifs is 1. The molecular weight excluding hydrogens is 330 g/mol. The Bertz CT molecular complexity index is 893. The zero-order chi connectivity index (χ0) is 17.2. The highest BCUT2D eigenvalue weighted by Crippen LogP contribution is 2.21. The second-order valence-electron chi connectivity index (χ2n) is 5.80. The van der Waals surface area contributed by atoms with E-state index in [9.17, 15) is 8.78 Å². The maximum absolute atomic E-state index is 13.7. The van der Waals surface area contributed by atoms with E-state index in [1.54, 1.807) is 6.20 Å². The third-order valence-corrected chi connectivity index (χ3v) is 3.98. The number of nitrogens with zero attached hydrogens (tertiary/aromatic N) is 3. The lowest BCUT2D eigenvalue weighted by atomic mass is 10.1. The quantitative estimate of drug-likeness (QED) is 0.673. The summed E-state index contributed by atoms with van der Waals surface area (Å²) >= 11 is 0. The molecule has 1 fully saturated rings. The second kappa shape index (κ2) is 6.60. The molecule has 3 heterocycles. The van der Waals surface area contributed by atoms with Crippen molar-refractivity contribution in [2.24, 2.45) is 0 Å². The highest BCUT2D eigenvalue weighted by molar-refractivity contribution is 5.74. The van der Waals surface area contributed by atoms with Gasteiger partial charge < -0.3 is 20.4 Å². The van der Waals surface area contributed by atoms with Crippen LogP contribution >= 0.6 is 0 Å². The van der Waals surface area contributed by atoms with E-state index in [4.69, 9.17) is 4.74 Å². The summed E-state index contributed by atoms with van der Waals surface area (Å²) < 4.78 is 32.0. The van der Waals surface area contributed by atoms with E-state index in [2.05, 4.69) is 30.6 Å². The van der Waals surface area contributed by atoms with Crippen LogP contribution in [0.1, 0.15) is 12.8 Å². The molecule has 1 aromatic carbocycles. The Hall–Kier alpha value is -2.81. The number of aromatic amines is 1. The summed E-state index contributed by atoms with van der Waals surface area (Å²) in [6.45, 7) is 1.44. The molecule has 1 aliphatic rings. The lowest BCUT2D eigenvalue weighted by Gasteiger charge is -2.22. The average Bonchev–Trinajstić information content (AvgIpc) is 3.00. The Morgan fingerprint density at radius 2 is 2.00 bits per heavy atom. The molecule has 0 aliphatic carbocycles. The third kappa shape index (κ3) is 3.50. The van der Waals surface area contributed by atoms with Gasteiger partial charge in [0, 0.05) is 25.3 Å². The molecule has 4 rings (SSSR count). The van der Waals surface area contributed by atoms with Crippen molar-refractivity contribution in [2.45, 2.75) is 18.9 Å². The number of anilines is 3. The highest BCUT2D eigenvalue weighted by Gasteiger charge is 2.15. The predicted molar refractivity (Wildman–Crippen MR) is 88.8 cm³/mol. The normalized spacial score (nSPS) is 15.4. The number of halogens is 2. The van der Waals surface area contributed by atoms with Crippen LogP contribution in [0, 0.1) is 11.6 Å². The largest absolute Gasteiger partial charge is 0.381 e. The number of nitrogens with one attached hydrogen (secondary N) is 3. The Balaban J connectivity index is 1.53. The molecule has 25 heavy (non-hydrogen) atoms. The number of imidazole rings is 1. The minimum absolute atomic E-state index is 0.119. The lowest BCUT2D eigenvalue weighted by molar-refractivity contribution is 0.0903. The van der Waals surface area contributed by atoms with E-state index >= 15 is 0 Å². The topological polar surface area (TPSA) is 87.8 Å². The number of hydrogen-bond donors (Lipinski definition) is 3. The van der Waals surface area contributed by atoms with Gasteiger partial charge in [-0.2, -0.15) is 9.97 Å². The Kier molecular flexibility index (Phi) is 4.14. The van der Waals surface area contributed by atoms with Gasteiger partial charge in [0.25, 0.3) is 0 Å². The van der Waals surface area contributed by atoms with E-state index in [-0.39, 0.29) is 11.7 Å². The van der Waals surface area contributed by atoms with Crippen molar-refractivity contribution < 1.29 is 13.5 Å².